The number of aromatic nitrogens is 2. The fourth-order valence-corrected chi connectivity index (χ4v) is 2.03. The van der Waals surface area contributed by atoms with Crippen molar-refractivity contribution in [3.8, 4) is 0 Å². The highest BCUT2D eigenvalue weighted by atomic mass is 16.1. The van der Waals surface area contributed by atoms with E-state index in [4.69, 9.17) is 5.73 Å². The van der Waals surface area contributed by atoms with Gasteiger partial charge >= 0.3 is 0 Å². The predicted molar refractivity (Wildman–Crippen MR) is 69.6 cm³/mol. The number of hydrogen-bond acceptors (Lipinski definition) is 4. The van der Waals surface area contributed by atoms with Crippen molar-refractivity contribution in [3.63, 3.8) is 0 Å². The Bertz CT molecular complexity index is 451. The number of anilines is 1. The van der Waals surface area contributed by atoms with Crippen LogP contribution in [0.4, 0.5) is 5.82 Å². The monoisotopic (exact) mass is 252 g/mol. The van der Waals surface area contributed by atoms with Crippen LogP contribution in [0.3, 0.4) is 0 Å². The zero-order valence-electron chi connectivity index (χ0n) is 11.3. The Hall–Kier alpha value is -1.85. The van der Waals surface area contributed by atoms with Gasteiger partial charge in [-0.25, -0.2) is 0 Å². The molecule has 0 saturated heterocycles. The Morgan fingerprint density at radius 2 is 2.17 bits per heavy atom. The molecule has 6 nitrogen and oxygen atoms in total. The van der Waals surface area contributed by atoms with Gasteiger partial charge in [0.05, 0.1) is 17.8 Å². The number of amides is 1. The third kappa shape index (κ3) is 3.09. The van der Waals surface area contributed by atoms with Gasteiger partial charge in [0.25, 0.3) is 0 Å². The topological polar surface area (TPSA) is 81.2 Å². The van der Waals surface area contributed by atoms with Crippen LogP contribution in [-0.2, 0) is 11.8 Å². The largest absolute Gasteiger partial charge is 0.368 e. The lowest BCUT2D eigenvalue weighted by molar-refractivity contribution is -0.116. The highest BCUT2D eigenvalue weighted by Crippen LogP contribution is 2.22. The van der Waals surface area contributed by atoms with Crippen molar-refractivity contribution in [1.29, 1.82) is 0 Å². The van der Waals surface area contributed by atoms with Gasteiger partial charge in [0.15, 0.2) is 6.29 Å². The quantitative estimate of drug-likeness (QED) is 0.747. The Labute approximate surface area is 107 Å². The molecule has 0 atom stereocenters. The summed E-state index contributed by atoms with van der Waals surface area (Å²) in [6.07, 6.45) is 0.770. The predicted octanol–water partition coefficient (Wildman–Crippen LogP) is 0.489. The molecule has 0 fully saturated rings. The van der Waals surface area contributed by atoms with E-state index in [0.29, 0.717) is 29.5 Å². The van der Waals surface area contributed by atoms with E-state index in [0.717, 1.165) is 6.29 Å². The minimum absolute atomic E-state index is 0.0813. The summed E-state index contributed by atoms with van der Waals surface area (Å²) in [6, 6.07) is 0. The van der Waals surface area contributed by atoms with E-state index >= 15 is 0 Å². The van der Waals surface area contributed by atoms with Gasteiger partial charge in [-0.15, -0.1) is 0 Å². The van der Waals surface area contributed by atoms with Gasteiger partial charge in [-0.3, -0.25) is 14.3 Å². The van der Waals surface area contributed by atoms with Gasteiger partial charge in [-0.05, 0) is 12.8 Å². The summed E-state index contributed by atoms with van der Waals surface area (Å²) in [6.45, 7) is 6.57. The van der Waals surface area contributed by atoms with E-state index in [9.17, 15) is 9.59 Å². The van der Waals surface area contributed by atoms with Crippen LogP contribution in [-0.4, -0.2) is 35.1 Å². The van der Waals surface area contributed by atoms with E-state index in [1.165, 1.54) is 0 Å². The molecule has 100 valence electrons. The number of carbonyl (C=O) groups is 2. The second kappa shape index (κ2) is 5.66. The van der Waals surface area contributed by atoms with Gasteiger partial charge in [0.2, 0.25) is 5.91 Å². The molecule has 1 aromatic heterocycles. The summed E-state index contributed by atoms with van der Waals surface area (Å²) in [5.41, 5.74) is 6.42. The van der Waals surface area contributed by atoms with E-state index in [2.05, 4.69) is 5.10 Å². The highest BCUT2D eigenvalue weighted by molar-refractivity contribution is 5.87. The normalized spacial score (nSPS) is 10.7. The number of nitrogens with two attached hydrogens (primary N) is 1. The summed E-state index contributed by atoms with van der Waals surface area (Å²) in [5, 5.41) is 4.21. The van der Waals surface area contributed by atoms with Gasteiger partial charge < -0.3 is 10.6 Å². The molecule has 0 radical (unpaired) electrons. The molecular weight excluding hydrogens is 232 g/mol. The molecule has 0 aliphatic rings. The maximum absolute atomic E-state index is 11.1. The average Bonchev–Trinajstić information content (AvgIpc) is 2.50. The fourth-order valence-electron chi connectivity index (χ4n) is 2.03. The third-order valence-corrected chi connectivity index (χ3v) is 2.59. The molecule has 1 aromatic rings. The Kier molecular flexibility index (Phi) is 4.47. The van der Waals surface area contributed by atoms with Gasteiger partial charge in [-0.1, -0.05) is 13.8 Å². The molecule has 0 aromatic carbocycles. The SMILES string of the molecule is Cc1nn(C)c(N(CC(N)=O)CC(C)C)c1C=O. The maximum atomic E-state index is 11.1. The van der Waals surface area contributed by atoms with E-state index in [-0.39, 0.29) is 6.54 Å². The first-order valence-corrected chi connectivity index (χ1v) is 5.88. The van der Waals surface area contributed by atoms with Gasteiger partial charge in [-0.2, -0.15) is 5.10 Å². The lowest BCUT2D eigenvalue weighted by atomic mass is 10.2. The van der Waals surface area contributed by atoms with Crippen molar-refractivity contribution >= 4 is 18.0 Å². The average molecular weight is 252 g/mol. The van der Waals surface area contributed by atoms with Gasteiger partial charge in [0.1, 0.15) is 5.82 Å². The molecule has 2 N–H and O–H groups in total. The van der Waals surface area contributed by atoms with Crippen LogP contribution in [0.1, 0.15) is 29.9 Å². The fraction of sp³-hybridized carbons (Fsp3) is 0.583. The molecule has 0 spiro atoms. The smallest absolute Gasteiger partial charge is 0.236 e. The standard InChI is InChI=1S/C12H20N4O2/c1-8(2)5-16(6-11(13)18)12-10(7-17)9(3)14-15(12)4/h7-8H,5-6H2,1-4H3,(H2,13,18). The minimum atomic E-state index is -0.425. The number of primary amides is 1. The first kappa shape index (κ1) is 14.2. The van der Waals surface area contributed by atoms with Gasteiger partial charge in [0, 0.05) is 13.6 Å². The molecule has 0 aliphatic carbocycles. The minimum Gasteiger partial charge on any atom is -0.368 e. The van der Waals surface area contributed by atoms with Crippen LogP contribution in [0.25, 0.3) is 0 Å². The summed E-state index contributed by atoms with van der Waals surface area (Å²) >= 11 is 0. The van der Waals surface area contributed by atoms with Crippen LogP contribution in [0.15, 0.2) is 0 Å². The lowest BCUT2D eigenvalue weighted by Crippen LogP contribution is -2.37. The van der Waals surface area contributed by atoms with Crippen molar-refractivity contribution in [1.82, 2.24) is 9.78 Å². The first-order chi connectivity index (χ1) is 8.36. The number of carbonyl (C=O) groups excluding carboxylic acids is 2. The Morgan fingerprint density at radius 1 is 1.56 bits per heavy atom. The van der Waals surface area contributed by atoms with Crippen molar-refractivity contribution in [2.75, 3.05) is 18.0 Å². The van der Waals surface area contributed by atoms with E-state index in [1.807, 2.05) is 13.8 Å². The van der Waals surface area contributed by atoms with Crippen molar-refractivity contribution in [2.45, 2.75) is 20.8 Å². The summed E-state index contributed by atoms with van der Waals surface area (Å²) < 4.78 is 1.62. The van der Waals surface area contributed by atoms with Crippen LogP contribution < -0.4 is 10.6 Å². The Balaban J connectivity index is 3.18. The van der Waals surface area contributed by atoms with E-state index in [1.54, 1.807) is 23.6 Å². The van der Waals surface area contributed by atoms with Crippen LogP contribution in [0.5, 0.6) is 0 Å². The highest BCUT2D eigenvalue weighted by Gasteiger charge is 2.21. The number of aryl methyl sites for hydroxylation is 2. The second-order valence-electron chi connectivity index (χ2n) is 4.80. The number of hydrogen-bond donors (Lipinski definition) is 1. The van der Waals surface area contributed by atoms with E-state index < -0.39 is 5.91 Å². The summed E-state index contributed by atoms with van der Waals surface area (Å²) in [5.74, 6) is 0.570. The summed E-state index contributed by atoms with van der Waals surface area (Å²) in [7, 11) is 1.75. The molecule has 0 aliphatic heterocycles. The number of nitrogens with zero attached hydrogens (tertiary/aromatic N) is 3. The molecule has 0 saturated carbocycles. The van der Waals surface area contributed by atoms with Crippen molar-refractivity contribution in [2.24, 2.45) is 18.7 Å². The Morgan fingerprint density at radius 3 is 2.61 bits per heavy atom. The van der Waals surface area contributed by atoms with Crippen molar-refractivity contribution < 1.29 is 9.59 Å². The zero-order chi connectivity index (χ0) is 13.9. The number of rotatable bonds is 6. The number of aldehydes is 1. The van der Waals surface area contributed by atoms with Crippen LogP contribution in [0, 0.1) is 12.8 Å². The van der Waals surface area contributed by atoms with Crippen LogP contribution >= 0.6 is 0 Å². The first-order valence-electron chi connectivity index (χ1n) is 5.88. The maximum Gasteiger partial charge on any atom is 0.236 e. The second-order valence-corrected chi connectivity index (χ2v) is 4.80. The molecule has 1 amide bonds. The molecule has 6 heteroatoms. The molecule has 18 heavy (non-hydrogen) atoms. The molecule has 0 unspecified atom stereocenters. The van der Waals surface area contributed by atoms with Crippen LogP contribution in [0.2, 0.25) is 0 Å². The molecule has 1 heterocycles. The lowest BCUT2D eigenvalue weighted by Gasteiger charge is -2.25. The molecule has 0 bridgehead atoms. The summed E-state index contributed by atoms with van der Waals surface area (Å²) in [4.78, 5) is 24.1. The zero-order valence-corrected chi connectivity index (χ0v) is 11.3. The van der Waals surface area contributed by atoms with Crippen molar-refractivity contribution in [3.05, 3.63) is 11.3 Å². The third-order valence-electron chi connectivity index (χ3n) is 2.59. The molecule has 1 rings (SSSR count). The molecular formula is C12H20N4O2.